The Labute approximate surface area is 278 Å². The molecule has 47 heavy (non-hydrogen) atoms. The fourth-order valence-corrected chi connectivity index (χ4v) is 4.45. The fraction of sp³-hybridized carbons (Fsp3) is 0.171. The predicted molar refractivity (Wildman–Crippen MR) is 195 cm³/mol. The van der Waals surface area contributed by atoms with Crippen molar-refractivity contribution in [3.8, 4) is 11.5 Å². The molecule has 0 saturated heterocycles. The van der Waals surface area contributed by atoms with Gasteiger partial charge < -0.3 is 19.3 Å². The minimum atomic E-state index is -0.0694. The van der Waals surface area contributed by atoms with E-state index in [1.807, 2.05) is 76.8 Å². The van der Waals surface area contributed by atoms with Crippen molar-refractivity contribution in [1.29, 1.82) is 0 Å². The summed E-state index contributed by atoms with van der Waals surface area (Å²) in [6.07, 6.45) is 15.0. The number of rotatable bonds is 16. The molecular weight excluding hydrogens is 584 g/mol. The second-order valence-electron chi connectivity index (χ2n) is 11.2. The maximum absolute atomic E-state index is 12.5. The van der Waals surface area contributed by atoms with Gasteiger partial charge >= 0.3 is 0 Å². The monoisotopic (exact) mass is 626 g/mol. The van der Waals surface area contributed by atoms with Crippen molar-refractivity contribution in [3.05, 3.63) is 156 Å². The molecular formula is C41H42N2O4. The van der Waals surface area contributed by atoms with Gasteiger partial charge in [-0.3, -0.25) is 9.59 Å². The van der Waals surface area contributed by atoms with Crippen LogP contribution in [0.1, 0.15) is 38.3 Å². The summed E-state index contributed by atoms with van der Waals surface area (Å²) in [5.74, 6) is 1.25. The van der Waals surface area contributed by atoms with Crippen LogP contribution in [0.2, 0.25) is 0 Å². The molecule has 0 spiro atoms. The first-order valence-electron chi connectivity index (χ1n) is 15.6. The lowest BCUT2D eigenvalue weighted by Gasteiger charge is -2.11. The van der Waals surface area contributed by atoms with Crippen molar-refractivity contribution in [3.63, 3.8) is 0 Å². The summed E-state index contributed by atoms with van der Waals surface area (Å²) in [6.45, 7) is 0.949. The van der Waals surface area contributed by atoms with Crippen LogP contribution in [-0.2, 0) is 0 Å². The van der Waals surface area contributed by atoms with Gasteiger partial charge in [-0.15, -0.1) is 0 Å². The van der Waals surface area contributed by atoms with Gasteiger partial charge in [0.1, 0.15) is 11.5 Å². The number of nitrogens with zero attached hydrogens (tertiary/aromatic N) is 2. The van der Waals surface area contributed by atoms with E-state index in [2.05, 4.69) is 34.1 Å². The third-order valence-electron chi connectivity index (χ3n) is 7.22. The normalized spacial score (nSPS) is 11.5. The molecule has 0 heterocycles. The Bertz CT molecular complexity index is 1570. The van der Waals surface area contributed by atoms with Crippen molar-refractivity contribution in [2.24, 2.45) is 0 Å². The number of hydrogen-bond donors (Lipinski definition) is 0. The smallest absolute Gasteiger partial charge is 0.185 e. The maximum atomic E-state index is 12.5. The number of ether oxygens (including phenoxy) is 2. The number of ketones is 2. The molecule has 4 aromatic carbocycles. The zero-order chi connectivity index (χ0) is 33.4. The standard InChI is InChI=1S/C41H42N2O4/c1-42(2)36-22-14-32(15-23-36)10-5-7-12-40(44)34-18-26-38(27-19-34)46-30-9-31-47-39-28-20-35(21-29-39)41(45)13-8-6-11-33-16-24-37(25-17-33)43(3)4/h5-8,10-29H,9,30-31H2,1-4H3/b10-5+,11-6+,12-7+,13-8+. The molecule has 6 heteroatoms. The van der Waals surface area contributed by atoms with E-state index in [1.165, 1.54) is 0 Å². The maximum Gasteiger partial charge on any atom is 0.185 e. The first-order valence-corrected chi connectivity index (χ1v) is 15.6. The van der Waals surface area contributed by atoms with Crippen LogP contribution in [0.3, 0.4) is 0 Å². The number of carbonyl (C=O) groups excluding carboxylic acids is 2. The van der Waals surface area contributed by atoms with Gasteiger partial charge in [0.15, 0.2) is 11.6 Å². The van der Waals surface area contributed by atoms with E-state index in [9.17, 15) is 9.59 Å². The molecule has 0 saturated carbocycles. The molecule has 0 aliphatic heterocycles. The number of allylic oxidation sites excluding steroid dienone is 6. The van der Waals surface area contributed by atoms with Gasteiger partial charge in [-0.2, -0.15) is 0 Å². The zero-order valence-corrected chi connectivity index (χ0v) is 27.5. The largest absolute Gasteiger partial charge is 0.493 e. The SMILES string of the molecule is CN(C)c1ccc(/C=C/C=C/C(=O)c2ccc(OCCCOc3ccc(C(=O)/C=C/C=C/c4ccc(N(C)C)cc4)cc3)cc2)cc1. The minimum Gasteiger partial charge on any atom is -0.493 e. The summed E-state index contributed by atoms with van der Waals surface area (Å²) in [4.78, 5) is 29.1. The van der Waals surface area contributed by atoms with Gasteiger partial charge in [0.05, 0.1) is 13.2 Å². The predicted octanol–water partition coefficient (Wildman–Crippen LogP) is 8.57. The van der Waals surface area contributed by atoms with E-state index in [4.69, 9.17) is 9.47 Å². The van der Waals surface area contributed by atoms with Crippen LogP contribution in [0, 0.1) is 0 Å². The quantitative estimate of drug-likeness (QED) is 0.0538. The second-order valence-corrected chi connectivity index (χ2v) is 11.2. The summed E-state index contributed by atoms with van der Waals surface area (Å²) in [6, 6.07) is 30.6. The van der Waals surface area contributed by atoms with Gasteiger partial charge in [0.25, 0.3) is 0 Å². The van der Waals surface area contributed by atoms with Crippen LogP contribution >= 0.6 is 0 Å². The van der Waals surface area contributed by atoms with Crippen LogP contribution in [0.15, 0.2) is 134 Å². The van der Waals surface area contributed by atoms with Gasteiger partial charge in [-0.25, -0.2) is 0 Å². The Kier molecular flexibility index (Phi) is 12.9. The Hall–Kier alpha value is -5.62. The highest BCUT2D eigenvalue weighted by atomic mass is 16.5. The van der Waals surface area contributed by atoms with Gasteiger partial charge in [0, 0.05) is 57.1 Å². The molecule has 0 aliphatic carbocycles. The van der Waals surface area contributed by atoms with Crippen molar-refractivity contribution in [2.75, 3.05) is 51.2 Å². The van der Waals surface area contributed by atoms with Crippen LogP contribution < -0.4 is 19.3 Å². The Balaban J connectivity index is 1.12. The van der Waals surface area contributed by atoms with Gasteiger partial charge in [0.2, 0.25) is 0 Å². The number of carbonyl (C=O) groups is 2. The van der Waals surface area contributed by atoms with E-state index >= 15 is 0 Å². The lowest BCUT2D eigenvalue weighted by molar-refractivity contribution is 0.103. The highest BCUT2D eigenvalue weighted by Crippen LogP contribution is 2.17. The minimum absolute atomic E-state index is 0.0694. The van der Waals surface area contributed by atoms with Crippen molar-refractivity contribution in [1.82, 2.24) is 0 Å². The van der Waals surface area contributed by atoms with Crippen LogP contribution in [0.4, 0.5) is 11.4 Å². The number of benzene rings is 4. The molecule has 0 bridgehead atoms. The van der Waals surface area contributed by atoms with Crippen molar-refractivity contribution in [2.45, 2.75) is 6.42 Å². The van der Waals surface area contributed by atoms with Crippen molar-refractivity contribution < 1.29 is 19.1 Å². The zero-order valence-electron chi connectivity index (χ0n) is 27.5. The molecule has 0 aliphatic rings. The lowest BCUT2D eigenvalue weighted by Crippen LogP contribution is -2.07. The van der Waals surface area contributed by atoms with E-state index in [-0.39, 0.29) is 11.6 Å². The Morgan fingerprint density at radius 1 is 0.511 bits per heavy atom. The molecule has 4 rings (SSSR count). The molecule has 0 fully saturated rings. The molecule has 6 nitrogen and oxygen atoms in total. The third kappa shape index (κ3) is 11.4. The summed E-state index contributed by atoms with van der Waals surface area (Å²) in [5.41, 5.74) is 5.62. The van der Waals surface area contributed by atoms with Crippen LogP contribution in [0.25, 0.3) is 12.2 Å². The first kappa shape index (κ1) is 34.3. The first-order chi connectivity index (χ1) is 22.8. The lowest BCUT2D eigenvalue weighted by atomic mass is 10.1. The van der Waals surface area contributed by atoms with Gasteiger partial charge in [-0.1, -0.05) is 60.7 Å². The van der Waals surface area contributed by atoms with Gasteiger partial charge in [-0.05, 0) is 96.1 Å². The Morgan fingerprint density at radius 2 is 0.872 bits per heavy atom. The van der Waals surface area contributed by atoms with Crippen LogP contribution in [0.5, 0.6) is 11.5 Å². The van der Waals surface area contributed by atoms with Crippen LogP contribution in [-0.4, -0.2) is 53.0 Å². The van der Waals surface area contributed by atoms with E-state index in [0.717, 1.165) is 22.5 Å². The molecule has 0 radical (unpaired) electrons. The summed E-state index contributed by atoms with van der Waals surface area (Å²) in [7, 11) is 8.03. The number of anilines is 2. The molecule has 0 amide bonds. The average molecular weight is 627 g/mol. The summed E-state index contributed by atoms with van der Waals surface area (Å²) in [5, 5.41) is 0. The topological polar surface area (TPSA) is 59.1 Å². The van der Waals surface area contributed by atoms with E-state index in [0.29, 0.717) is 42.3 Å². The molecule has 240 valence electrons. The molecule has 0 unspecified atom stereocenters. The Morgan fingerprint density at radius 3 is 1.21 bits per heavy atom. The molecule has 0 N–H and O–H groups in total. The molecule has 0 aromatic heterocycles. The fourth-order valence-electron chi connectivity index (χ4n) is 4.45. The molecule has 0 atom stereocenters. The van der Waals surface area contributed by atoms with Crippen molar-refractivity contribution >= 4 is 35.1 Å². The highest BCUT2D eigenvalue weighted by molar-refractivity contribution is 6.05. The average Bonchev–Trinajstić information content (AvgIpc) is 3.09. The molecule has 4 aromatic rings. The third-order valence-corrected chi connectivity index (χ3v) is 7.22. The second kappa shape index (κ2) is 17.8. The number of hydrogen-bond acceptors (Lipinski definition) is 6. The highest BCUT2D eigenvalue weighted by Gasteiger charge is 2.04. The van der Waals surface area contributed by atoms with E-state index < -0.39 is 0 Å². The van der Waals surface area contributed by atoms with E-state index in [1.54, 1.807) is 72.8 Å². The summed E-state index contributed by atoms with van der Waals surface area (Å²) >= 11 is 0. The summed E-state index contributed by atoms with van der Waals surface area (Å²) < 4.78 is 11.6.